The molecule has 1 aromatic carbocycles. The summed E-state index contributed by atoms with van der Waals surface area (Å²) in [6.07, 6.45) is -3.16. The smallest absolute Gasteiger partial charge is 0.326 e. The SMILES string of the molecule is O=C(C[C@H]1C=CS(=O)(=O)C1)Nc1cccc(C(F)(F)F)c1. The predicted octanol–water partition coefficient (Wildman–Crippen LogP) is 2.59. The Kier molecular flexibility index (Phi) is 4.08. The van der Waals surface area contributed by atoms with E-state index in [1.165, 1.54) is 18.2 Å². The van der Waals surface area contributed by atoms with Crippen LogP contribution in [0.4, 0.5) is 18.9 Å². The van der Waals surface area contributed by atoms with E-state index in [4.69, 9.17) is 0 Å². The highest BCUT2D eigenvalue weighted by Gasteiger charge is 2.30. The van der Waals surface area contributed by atoms with Crippen molar-refractivity contribution in [2.45, 2.75) is 12.6 Å². The van der Waals surface area contributed by atoms with Crippen LogP contribution in [0.25, 0.3) is 0 Å². The van der Waals surface area contributed by atoms with Gasteiger partial charge in [-0.2, -0.15) is 13.2 Å². The zero-order chi connectivity index (χ0) is 15.7. The molecule has 21 heavy (non-hydrogen) atoms. The number of hydrogen-bond donors (Lipinski definition) is 1. The Labute approximate surface area is 119 Å². The molecule has 114 valence electrons. The van der Waals surface area contributed by atoms with Crippen LogP contribution in [0.5, 0.6) is 0 Å². The van der Waals surface area contributed by atoms with Gasteiger partial charge in [-0.25, -0.2) is 8.42 Å². The highest BCUT2D eigenvalue weighted by Crippen LogP contribution is 2.30. The largest absolute Gasteiger partial charge is 0.416 e. The van der Waals surface area contributed by atoms with Gasteiger partial charge in [-0.15, -0.1) is 0 Å². The Balaban J connectivity index is 1.99. The maximum Gasteiger partial charge on any atom is 0.416 e. The Morgan fingerprint density at radius 2 is 2.05 bits per heavy atom. The first kappa shape index (κ1) is 15.6. The van der Waals surface area contributed by atoms with Crippen molar-refractivity contribution in [2.75, 3.05) is 11.1 Å². The molecule has 1 heterocycles. The molecule has 1 aromatic rings. The second-order valence-corrected chi connectivity index (χ2v) is 6.68. The van der Waals surface area contributed by atoms with Gasteiger partial charge in [-0.1, -0.05) is 12.1 Å². The van der Waals surface area contributed by atoms with Gasteiger partial charge in [0.15, 0.2) is 9.84 Å². The van der Waals surface area contributed by atoms with Gasteiger partial charge in [0.25, 0.3) is 0 Å². The first-order valence-corrected chi connectivity index (χ1v) is 7.75. The highest BCUT2D eigenvalue weighted by atomic mass is 32.2. The molecule has 0 saturated heterocycles. The molecule has 0 saturated carbocycles. The van der Waals surface area contributed by atoms with Crippen LogP contribution in [0, 0.1) is 5.92 Å². The molecule has 0 spiro atoms. The number of anilines is 1. The van der Waals surface area contributed by atoms with Gasteiger partial charge in [0.1, 0.15) is 0 Å². The van der Waals surface area contributed by atoms with Crippen molar-refractivity contribution in [3.63, 3.8) is 0 Å². The summed E-state index contributed by atoms with van der Waals surface area (Å²) >= 11 is 0. The summed E-state index contributed by atoms with van der Waals surface area (Å²) in [6, 6.07) is 4.27. The van der Waals surface area contributed by atoms with Crippen LogP contribution in [0.3, 0.4) is 0 Å². The third kappa shape index (κ3) is 4.32. The normalized spacial score (nSPS) is 20.4. The number of halogens is 3. The highest BCUT2D eigenvalue weighted by molar-refractivity contribution is 7.94. The van der Waals surface area contributed by atoms with E-state index in [1.54, 1.807) is 0 Å². The maximum absolute atomic E-state index is 12.5. The topological polar surface area (TPSA) is 63.2 Å². The molecule has 1 N–H and O–H groups in total. The van der Waals surface area contributed by atoms with E-state index >= 15 is 0 Å². The van der Waals surface area contributed by atoms with Crippen LogP contribution < -0.4 is 5.32 Å². The number of nitrogens with one attached hydrogen (secondary N) is 1. The van der Waals surface area contributed by atoms with Gasteiger partial charge < -0.3 is 5.32 Å². The fourth-order valence-electron chi connectivity index (χ4n) is 1.99. The summed E-state index contributed by atoms with van der Waals surface area (Å²) < 4.78 is 60.0. The summed E-state index contributed by atoms with van der Waals surface area (Å²) in [4.78, 5) is 11.7. The molecule has 1 aliphatic rings. The number of allylic oxidation sites excluding steroid dienone is 1. The lowest BCUT2D eigenvalue weighted by molar-refractivity contribution is -0.137. The van der Waals surface area contributed by atoms with E-state index in [1.807, 2.05) is 0 Å². The quantitative estimate of drug-likeness (QED) is 0.931. The van der Waals surface area contributed by atoms with Crippen molar-refractivity contribution in [1.29, 1.82) is 0 Å². The fraction of sp³-hybridized carbons (Fsp3) is 0.308. The van der Waals surface area contributed by atoms with Crippen LogP contribution in [0.15, 0.2) is 35.7 Å². The van der Waals surface area contributed by atoms with E-state index < -0.39 is 33.4 Å². The van der Waals surface area contributed by atoms with Crippen molar-refractivity contribution in [1.82, 2.24) is 0 Å². The lowest BCUT2D eigenvalue weighted by atomic mass is 10.1. The van der Waals surface area contributed by atoms with Crippen molar-refractivity contribution >= 4 is 21.4 Å². The number of benzene rings is 1. The molecule has 0 fully saturated rings. The Morgan fingerprint density at radius 3 is 2.62 bits per heavy atom. The number of sulfone groups is 1. The monoisotopic (exact) mass is 319 g/mol. The van der Waals surface area contributed by atoms with Crippen molar-refractivity contribution in [3.05, 3.63) is 41.3 Å². The molecule has 4 nitrogen and oxygen atoms in total. The molecule has 0 bridgehead atoms. The minimum Gasteiger partial charge on any atom is -0.326 e. The lowest BCUT2D eigenvalue weighted by Crippen LogP contribution is -2.18. The number of amides is 1. The van der Waals surface area contributed by atoms with Crippen molar-refractivity contribution in [3.8, 4) is 0 Å². The standard InChI is InChI=1S/C13H12F3NO3S/c14-13(15,16)10-2-1-3-11(7-10)17-12(18)6-9-4-5-21(19,20)8-9/h1-5,7,9H,6,8H2,(H,17,18)/t9-/m1/s1. The number of alkyl halides is 3. The number of hydrogen-bond acceptors (Lipinski definition) is 3. The fourth-order valence-corrected chi connectivity index (χ4v) is 3.39. The second kappa shape index (κ2) is 5.51. The van der Waals surface area contributed by atoms with E-state index in [0.29, 0.717) is 0 Å². The molecular formula is C13H12F3NO3S. The van der Waals surface area contributed by atoms with Crippen molar-refractivity contribution in [2.24, 2.45) is 5.92 Å². The number of carbonyl (C=O) groups excluding carboxylic acids is 1. The van der Waals surface area contributed by atoms with Crippen LogP contribution >= 0.6 is 0 Å². The summed E-state index contributed by atoms with van der Waals surface area (Å²) in [6.45, 7) is 0. The Morgan fingerprint density at radius 1 is 1.33 bits per heavy atom. The van der Waals surface area contributed by atoms with Gasteiger partial charge in [-0.3, -0.25) is 4.79 Å². The summed E-state index contributed by atoms with van der Waals surface area (Å²) in [5.74, 6) is -1.12. The zero-order valence-corrected chi connectivity index (χ0v) is 11.5. The number of carbonyl (C=O) groups is 1. The summed E-state index contributed by atoms with van der Waals surface area (Å²) in [7, 11) is -3.25. The van der Waals surface area contributed by atoms with Crippen molar-refractivity contribution < 1.29 is 26.4 Å². The zero-order valence-electron chi connectivity index (χ0n) is 10.7. The van der Waals surface area contributed by atoms with E-state index in [2.05, 4.69) is 5.32 Å². The molecule has 8 heteroatoms. The molecule has 1 atom stereocenters. The first-order valence-electron chi connectivity index (χ1n) is 6.04. The molecule has 1 amide bonds. The number of rotatable bonds is 3. The van der Waals surface area contributed by atoms with Gasteiger partial charge in [-0.05, 0) is 18.2 Å². The summed E-state index contributed by atoms with van der Waals surface area (Å²) in [5.41, 5.74) is -0.830. The summed E-state index contributed by atoms with van der Waals surface area (Å²) in [5, 5.41) is 3.39. The third-order valence-electron chi connectivity index (χ3n) is 2.93. The minimum absolute atomic E-state index is 0.0275. The van der Waals surface area contributed by atoms with Gasteiger partial charge in [0.05, 0.1) is 11.3 Å². The molecule has 1 aliphatic heterocycles. The van der Waals surface area contributed by atoms with E-state index in [-0.39, 0.29) is 17.9 Å². The first-order chi connectivity index (χ1) is 9.66. The van der Waals surface area contributed by atoms with E-state index in [9.17, 15) is 26.4 Å². The van der Waals surface area contributed by atoms with E-state index in [0.717, 1.165) is 17.5 Å². The molecule has 0 aromatic heterocycles. The molecule has 0 radical (unpaired) electrons. The average Bonchev–Trinajstić information content (AvgIpc) is 2.67. The minimum atomic E-state index is -4.48. The Bertz CT molecular complexity index is 680. The second-order valence-electron chi connectivity index (χ2n) is 4.75. The van der Waals surface area contributed by atoms with Crippen LogP contribution in [0.1, 0.15) is 12.0 Å². The van der Waals surface area contributed by atoms with Crippen LogP contribution in [-0.2, 0) is 20.8 Å². The van der Waals surface area contributed by atoms with Gasteiger partial charge >= 0.3 is 6.18 Å². The maximum atomic E-state index is 12.5. The molecular weight excluding hydrogens is 307 g/mol. The lowest BCUT2D eigenvalue weighted by Gasteiger charge is -2.11. The van der Waals surface area contributed by atoms with Gasteiger partial charge in [0, 0.05) is 23.4 Å². The third-order valence-corrected chi connectivity index (χ3v) is 4.39. The predicted molar refractivity (Wildman–Crippen MR) is 71.1 cm³/mol. The van der Waals surface area contributed by atoms with Crippen LogP contribution in [-0.4, -0.2) is 20.1 Å². The average molecular weight is 319 g/mol. The molecule has 2 rings (SSSR count). The molecule has 0 unspecified atom stereocenters. The van der Waals surface area contributed by atoms with Crippen LogP contribution in [0.2, 0.25) is 0 Å². The van der Waals surface area contributed by atoms with Gasteiger partial charge in [0.2, 0.25) is 5.91 Å². The Hall–Kier alpha value is -1.83. The molecule has 0 aliphatic carbocycles.